The summed E-state index contributed by atoms with van der Waals surface area (Å²) in [6, 6.07) is 26.8. The lowest BCUT2D eigenvalue weighted by molar-refractivity contribution is -0.134. The molecular formula is C32H29NO4. The van der Waals surface area contributed by atoms with E-state index in [0.29, 0.717) is 24.3 Å². The number of allylic oxidation sites excluding steroid dienone is 2. The summed E-state index contributed by atoms with van der Waals surface area (Å²) in [5.74, 6) is -1.41. The number of imide groups is 1. The molecule has 2 aliphatic carbocycles. The Labute approximate surface area is 216 Å². The van der Waals surface area contributed by atoms with Crippen LogP contribution in [0.4, 0.5) is 5.69 Å². The first-order valence-corrected chi connectivity index (χ1v) is 12.8. The van der Waals surface area contributed by atoms with E-state index in [-0.39, 0.29) is 17.6 Å². The van der Waals surface area contributed by atoms with Gasteiger partial charge in [-0.15, -0.1) is 0 Å². The smallest absolute Gasteiger partial charge is 0.239 e. The highest BCUT2D eigenvalue weighted by atomic mass is 16.5. The number of hydrogen-bond donors (Lipinski definition) is 0. The lowest BCUT2D eigenvalue weighted by Crippen LogP contribution is -2.41. The molecule has 3 aliphatic rings. The third kappa shape index (κ3) is 2.88. The quantitative estimate of drug-likeness (QED) is 0.409. The van der Waals surface area contributed by atoms with E-state index in [2.05, 4.69) is 0 Å². The number of fused-ring (bicyclic) bond motifs is 5. The van der Waals surface area contributed by atoms with E-state index < -0.39 is 22.7 Å². The number of methoxy groups -OCH3 is 1. The first-order chi connectivity index (χ1) is 17.9. The molecule has 0 aromatic heterocycles. The summed E-state index contributed by atoms with van der Waals surface area (Å²) in [6.07, 6.45) is 1.23. The monoisotopic (exact) mass is 491 g/mol. The van der Waals surface area contributed by atoms with Crippen LogP contribution in [0.5, 0.6) is 5.75 Å². The highest BCUT2D eigenvalue weighted by molar-refractivity contribution is 6.34. The number of ketones is 1. The number of benzene rings is 3. The van der Waals surface area contributed by atoms with E-state index in [9.17, 15) is 14.4 Å². The third-order valence-electron chi connectivity index (χ3n) is 8.65. The molecule has 0 radical (unpaired) electrons. The zero-order valence-corrected chi connectivity index (χ0v) is 21.2. The fourth-order valence-electron chi connectivity index (χ4n) is 7.34. The number of hydrogen-bond acceptors (Lipinski definition) is 4. The summed E-state index contributed by atoms with van der Waals surface area (Å²) in [6.45, 7) is 3.93. The lowest BCUT2D eigenvalue weighted by Gasteiger charge is -2.37. The van der Waals surface area contributed by atoms with Crippen LogP contribution in [0.2, 0.25) is 0 Å². The van der Waals surface area contributed by atoms with E-state index in [4.69, 9.17) is 4.74 Å². The summed E-state index contributed by atoms with van der Waals surface area (Å²) in [7, 11) is 1.58. The zero-order chi connectivity index (χ0) is 25.9. The lowest BCUT2D eigenvalue weighted by atomic mass is 9.61. The number of rotatable bonds is 6. The van der Waals surface area contributed by atoms with Crippen molar-refractivity contribution in [3.05, 3.63) is 96.1 Å². The number of ether oxygens (including phenoxy) is 1. The molecule has 3 aromatic carbocycles. The van der Waals surface area contributed by atoms with Gasteiger partial charge in [0.25, 0.3) is 0 Å². The number of anilines is 1. The molecule has 2 amide bonds. The van der Waals surface area contributed by atoms with Gasteiger partial charge in [0, 0.05) is 0 Å². The van der Waals surface area contributed by atoms with E-state index in [1.165, 1.54) is 4.90 Å². The van der Waals surface area contributed by atoms with E-state index in [0.717, 1.165) is 22.3 Å². The van der Waals surface area contributed by atoms with Crippen molar-refractivity contribution in [2.45, 2.75) is 26.7 Å². The second kappa shape index (κ2) is 8.27. The molecule has 1 saturated carbocycles. The van der Waals surface area contributed by atoms with Crippen LogP contribution in [0.1, 0.15) is 37.8 Å². The van der Waals surface area contributed by atoms with Gasteiger partial charge in [-0.3, -0.25) is 14.4 Å². The highest BCUT2D eigenvalue weighted by Crippen LogP contribution is 2.74. The number of Topliss-reactive ketones (excluding diaryl/α,β-unsaturated/α-hetero) is 1. The maximum absolute atomic E-state index is 14.6. The van der Waals surface area contributed by atoms with Crippen molar-refractivity contribution in [1.82, 2.24) is 0 Å². The summed E-state index contributed by atoms with van der Waals surface area (Å²) in [5.41, 5.74) is 2.00. The average Bonchev–Trinajstić information content (AvgIpc) is 3.39. The van der Waals surface area contributed by atoms with Gasteiger partial charge in [-0.1, -0.05) is 74.0 Å². The van der Waals surface area contributed by atoms with Crippen molar-refractivity contribution in [3.63, 3.8) is 0 Å². The van der Waals surface area contributed by atoms with Crippen LogP contribution in [0.25, 0.3) is 11.1 Å². The van der Waals surface area contributed by atoms with Gasteiger partial charge < -0.3 is 4.74 Å². The summed E-state index contributed by atoms with van der Waals surface area (Å²) >= 11 is 0. The molecule has 0 spiro atoms. The number of carbonyl (C=O) groups is 3. The molecule has 5 nitrogen and oxygen atoms in total. The van der Waals surface area contributed by atoms with Crippen molar-refractivity contribution < 1.29 is 19.1 Å². The maximum atomic E-state index is 14.6. The first kappa shape index (κ1) is 23.4. The van der Waals surface area contributed by atoms with Crippen LogP contribution in [-0.2, 0) is 14.4 Å². The second-order valence-electron chi connectivity index (χ2n) is 10.4. The van der Waals surface area contributed by atoms with Gasteiger partial charge in [0.05, 0.1) is 35.5 Å². The van der Waals surface area contributed by atoms with E-state index >= 15 is 0 Å². The molecule has 5 heteroatoms. The largest absolute Gasteiger partial charge is 0.497 e. The summed E-state index contributed by atoms with van der Waals surface area (Å²) in [5, 5.41) is 0. The molecule has 4 atom stereocenters. The molecule has 6 rings (SSSR count). The molecule has 0 N–H and O–H groups in total. The Bertz CT molecular complexity index is 1440. The maximum Gasteiger partial charge on any atom is 0.239 e. The third-order valence-corrected chi connectivity index (χ3v) is 8.65. The number of amides is 2. The van der Waals surface area contributed by atoms with E-state index in [1.54, 1.807) is 31.4 Å². The zero-order valence-electron chi connectivity index (χ0n) is 21.2. The van der Waals surface area contributed by atoms with Crippen molar-refractivity contribution in [2.75, 3.05) is 12.0 Å². The van der Waals surface area contributed by atoms with Crippen molar-refractivity contribution in [1.29, 1.82) is 0 Å². The van der Waals surface area contributed by atoms with Gasteiger partial charge in [0.1, 0.15) is 5.75 Å². The van der Waals surface area contributed by atoms with Gasteiger partial charge in [-0.05, 0) is 59.9 Å². The average molecular weight is 492 g/mol. The Morgan fingerprint density at radius 1 is 0.757 bits per heavy atom. The molecular weight excluding hydrogens is 462 g/mol. The Hall–Kier alpha value is -3.99. The van der Waals surface area contributed by atoms with Crippen LogP contribution < -0.4 is 9.64 Å². The molecule has 0 unspecified atom stereocenters. The van der Waals surface area contributed by atoms with Gasteiger partial charge in [-0.25, -0.2) is 4.90 Å². The second-order valence-corrected chi connectivity index (χ2v) is 10.4. The normalized spacial score (nSPS) is 28.3. The van der Waals surface area contributed by atoms with Crippen molar-refractivity contribution in [3.8, 4) is 5.75 Å². The number of nitrogens with zero attached hydrogens (tertiary/aromatic N) is 1. The minimum Gasteiger partial charge on any atom is -0.497 e. The predicted molar refractivity (Wildman–Crippen MR) is 143 cm³/mol. The standard InChI is InChI=1S/C32H29NO4/c1-4-19-32-25(21-13-9-6-10-14-21)24(20-11-7-5-8-12-20)31(2,30(32)36)26-27(32)29(35)33(28(26)34)22-15-17-23(37-3)18-16-22/h5-18,26-27H,4,19H2,1-3H3/t26-,27-,31+,32-/m1/s1. The minimum absolute atomic E-state index is 0.00522. The Morgan fingerprint density at radius 3 is 1.84 bits per heavy atom. The summed E-state index contributed by atoms with van der Waals surface area (Å²) in [4.78, 5) is 44.3. The van der Waals surface area contributed by atoms with Crippen LogP contribution in [0, 0.1) is 22.7 Å². The Balaban J connectivity index is 1.62. The Kier molecular flexibility index (Phi) is 5.23. The molecule has 2 fully saturated rings. The Morgan fingerprint density at radius 2 is 1.30 bits per heavy atom. The predicted octanol–water partition coefficient (Wildman–Crippen LogP) is 5.80. The van der Waals surface area contributed by atoms with Crippen molar-refractivity contribution in [2.24, 2.45) is 22.7 Å². The highest BCUT2D eigenvalue weighted by Gasteiger charge is 2.80. The topological polar surface area (TPSA) is 63.7 Å². The number of carbonyl (C=O) groups excluding carboxylic acids is 3. The van der Waals surface area contributed by atoms with Gasteiger partial charge in [-0.2, -0.15) is 0 Å². The minimum atomic E-state index is -1.11. The van der Waals surface area contributed by atoms with Crippen LogP contribution >= 0.6 is 0 Å². The van der Waals surface area contributed by atoms with Gasteiger partial charge in [0.2, 0.25) is 11.8 Å². The van der Waals surface area contributed by atoms with E-state index in [1.807, 2.05) is 74.5 Å². The fourth-order valence-corrected chi connectivity index (χ4v) is 7.34. The van der Waals surface area contributed by atoms with Gasteiger partial charge >= 0.3 is 0 Å². The van der Waals surface area contributed by atoms with Crippen LogP contribution in [0.3, 0.4) is 0 Å². The van der Waals surface area contributed by atoms with Crippen molar-refractivity contribution >= 4 is 34.4 Å². The molecule has 2 bridgehead atoms. The van der Waals surface area contributed by atoms with Gasteiger partial charge in [0.15, 0.2) is 5.78 Å². The molecule has 3 aromatic rings. The molecule has 37 heavy (non-hydrogen) atoms. The first-order valence-electron chi connectivity index (χ1n) is 12.8. The molecule has 186 valence electrons. The van der Waals surface area contributed by atoms with Crippen LogP contribution in [-0.4, -0.2) is 24.7 Å². The summed E-state index contributed by atoms with van der Waals surface area (Å²) < 4.78 is 5.27. The van der Waals surface area contributed by atoms with Crippen LogP contribution in [0.15, 0.2) is 84.9 Å². The SMILES string of the molecule is CCC[C@@]12C(=O)[C@@](C)(C(c3ccccc3)=C1c1ccccc1)[C@H]1C(=O)N(c3ccc(OC)cc3)C(=O)[C@@H]12. The fraction of sp³-hybridized carbons (Fsp3) is 0.281. The molecule has 1 heterocycles. The molecule has 1 aliphatic heterocycles. The molecule has 1 saturated heterocycles.